The van der Waals surface area contributed by atoms with Crippen molar-refractivity contribution >= 4 is 5.69 Å². The lowest BCUT2D eigenvalue weighted by molar-refractivity contribution is -0.385. The Hall–Kier alpha value is -2.44. The van der Waals surface area contributed by atoms with E-state index in [2.05, 4.69) is 5.16 Å². The standard InChI is InChI=1S/C12H13N3O4/c1-7-4-10(15(17)18)5-14(12(7)16)6-11-8(2)13-19-9(11)3/h4-5H,6H2,1-3H3. The Morgan fingerprint density at radius 3 is 2.63 bits per heavy atom. The predicted octanol–water partition coefficient (Wildman–Crippen LogP) is 1.72. The van der Waals surface area contributed by atoms with Crippen molar-refractivity contribution in [2.45, 2.75) is 27.3 Å². The van der Waals surface area contributed by atoms with Crippen LogP contribution in [-0.2, 0) is 6.54 Å². The van der Waals surface area contributed by atoms with Gasteiger partial charge in [0.15, 0.2) is 0 Å². The number of rotatable bonds is 3. The molecule has 0 unspecified atom stereocenters. The molecule has 2 aromatic heterocycles. The van der Waals surface area contributed by atoms with Gasteiger partial charge in [0.25, 0.3) is 11.2 Å². The van der Waals surface area contributed by atoms with Crippen molar-refractivity contribution < 1.29 is 9.45 Å². The van der Waals surface area contributed by atoms with Crippen LogP contribution in [0.3, 0.4) is 0 Å². The van der Waals surface area contributed by atoms with E-state index >= 15 is 0 Å². The van der Waals surface area contributed by atoms with Crippen molar-refractivity contribution in [3.63, 3.8) is 0 Å². The van der Waals surface area contributed by atoms with Crippen molar-refractivity contribution in [1.82, 2.24) is 9.72 Å². The highest BCUT2D eigenvalue weighted by Gasteiger charge is 2.15. The normalized spacial score (nSPS) is 10.7. The van der Waals surface area contributed by atoms with Crippen LogP contribution < -0.4 is 5.56 Å². The molecular weight excluding hydrogens is 250 g/mol. The molecule has 0 radical (unpaired) electrons. The van der Waals surface area contributed by atoms with Gasteiger partial charge < -0.3 is 9.09 Å². The fourth-order valence-electron chi connectivity index (χ4n) is 1.88. The summed E-state index contributed by atoms with van der Waals surface area (Å²) in [4.78, 5) is 22.3. The van der Waals surface area contributed by atoms with Gasteiger partial charge in [-0.25, -0.2) is 0 Å². The molecule has 0 aliphatic heterocycles. The van der Waals surface area contributed by atoms with Crippen LogP contribution in [0.25, 0.3) is 0 Å². The molecule has 7 heteroatoms. The van der Waals surface area contributed by atoms with Crippen LogP contribution >= 0.6 is 0 Å². The molecule has 0 spiro atoms. The topological polar surface area (TPSA) is 91.2 Å². The van der Waals surface area contributed by atoms with E-state index in [0.29, 0.717) is 17.0 Å². The summed E-state index contributed by atoms with van der Waals surface area (Å²) < 4.78 is 6.32. The van der Waals surface area contributed by atoms with E-state index in [4.69, 9.17) is 4.52 Å². The second kappa shape index (κ2) is 4.68. The van der Waals surface area contributed by atoms with E-state index in [-0.39, 0.29) is 17.8 Å². The zero-order valence-corrected chi connectivity index (χ0v) is 10.8. The van der Waals surface area contributed by atoms with Gasteiger partial charge >= 0.3 is 0 Å². The average molecular weight is 263 g/mol. The molecule has 0 atom stereocenters. The quantitative estimate of drug-likeness (QED) is 0.621. The van der Waals surface area contributed by atoms with E-state index in [0.717, 1.165) is 5.56 Å². The van der Waals surface area contributed by atoms with Crippen LogP contribution in [0.1, 0.15) is 22.6 Å². The summed E-state index contributed by atoms with van der Waals surface area (Å²) in [5, 5.41) is 14.6. The third-order valence-corrected chi connectivity index (χ3v) is 2.97. The van der Waals surface area contributed by atoms with Gasteiger partial charge in [-0.05, 0) is 20.8 Å². The molecule has 0 aromatic carbocycles. The summed E-state index contributed by atoms with van der Waals surface area (Å²) in [7, 11) is 0. The number of aryl methyl sites for hydroxylation is 3. The van der Waals surface area contributed by atoms with Gasteiger partial charge in [-0.1, -0.05) is 5.16 Å². The van der Waals surface area contributed by atoms with Gasteiger partial charge in [-0.3, -0.25) is 14.9 Å². The SMILES string of the molecule is Cc1noc(C)c1Cn1cc([N+](=O)[O-])cc(C)c1=O. The minimum absolute atomic E-state index is 0.108. The van der Waals surface area contributed by atoms with Crippen LogP contribution in [0.2, 0.25) is 0 Å². The summed E-state index contributed by atoms with van der Waals surface area (Å²) >= 11 is 0. The van der Waals surface area contributed by atoms with E-state index in [9.17, 15) is 14.9 Å². The zero-order chi connectivity index (χ0) is 14.2. The Bertz CT molecular complexity index is 680. The van der Waals surface area contributed by atoms with Crippen molar-refractivity contribution in [1.29, 1.82) is 0 Å². The van der Waals surface area contributed by atoms with E-state index in [1.54, 1.807) is 20.8 Å². The molecule has 19 heavy (non-hydrogen) atoms. The fraction of sp³-hybridized carbons (Fsp3) is 0.333. The van der Waals surface area contributed by atoms with Crippen molar-refractivity contribution in [2.24, 2.45) is 0 Å². The van der Waals surface area contributed by atoms with Gasteiger partial charge in [0, 0.05) is 17.2 Å². The molecule has 0 saturated carbocycles. The molecule has 0 N–H and O–H groups in total. The Morgan fingerprint density at radius 1 is 1.42 bits per heavy atom. The summed E-state index contributed by atoms with van der Waals surface area (Å²) in [5.74, 6) is 0.605. The first-order valence-corrected chi connectivity index (χ1v) is 5.67. The van der Waals surface area contributed by atoms with Crippen LogP contribution in [0.5, 0.6) is 0 Å². The number of hydrogen-bond donors (Lipinski definition) is 0. The van der Waals surface area contributed by atoms with Crippen LogP contribution in [0.15, 0.2) is 21.6 Å². The van der Waals surface area contributed by atoms with E-state index in [1.165, 1.54) is 16.8 Å². The molecule has 0 aliphatic rings. The molecule has 2 aromatic rings. The maximum absolute atomic E-state index is 12.0. The molecular formula is C12H13N3O4. The first-order valence-electron chi connectivity index (χ1n) is 5.67. The molecule has 0 aliphatic carbocycles. The first-order chi connectivity index (χ1) is 8.90. The van der Waals surface area contributed by atoms with Crippen molar-refractivity contribution in [3.05, 3.63) is 55.3 Å². The largest absolute Gasteiger partial charge is 0.361 e. The lowest BCUT2D eigenvalue weighted by atomic mass is 10.2. The molecule has 0 amide bonds. The number of pyridine rings is 1. The van der Waals surface area contributed by atoms with Crippen molar-refractivity contribution in [2.75, 3.05) is 0 Å². The molecule has 2 rings (SSSR count). The molecule has 2 heterocycles. The lowest BCUT2D eigenvalue weighted by Gasteiger charge is -2.06. The van der Waals surface area contributed by atoms with Crippen molar-refractivity contribution in [3.8, 4) is 0 Å². The van der Waals surface area contributed by atoms with Gasteiger partial charge in [-0.2, -0.15) is 0 Å². The number of aromatic nitrogens is 2. The third kappa shape index (κ3) is 2.40. The second-order valence-corrected chi connectivity index (χ2v) is 4.37. The maximum Gasteiger partial charge on any atom is 0.286 e. The Balaban J connectivity index is 2.51. The smallest absolute Gasteiger partial charge is 0.286 e. The number of nitro groups is 1. The Labute approximate surface area is 108 Å². The Morgan fingerprint density at radius 2 is 2.11 bits per heavy atom. The maximum atomic E-state index is 12.0. The highest BCUT2D eigenvalue weighted by atomic mass is 16.6. The second-order valence-electron chi connectivity index (χ2n) is 4.37. The monoisotopic (exact) mass is 263 g/mol. The minimum Gasteiger partial charge on any atom is -0.361 e. The molecule has 0 saturated heterocycles. The molecule has 100 valence electrons. The summed E-state index contributed by atoms with van der Waals surface area (Å²) in [5.41, 5.74) is 1.41. The number of nitrogens with zero attached hydrogens (tertiary/aromatic N) is 3. The Kier molecular flexibility index (Phi) is 3.20. The fourth-order valence-corrected chi connectivity index (χ4v) is 1.88. The zero-order valence-electron chi connectivity index (χ0n) is 10.8. The van der Waals surface area contributed by atoms with Gasteiger partial charge in [0.1, 0.15) is 5.76 Å². The highest BCUT2D eigenvalue weighted by Crippen LogP contribution is 2.15. The van der Waals surface area contributed by atoms with E-state index in [1.807, 2.05) is 0 Å². The number of hydrogen-bond acceptors (Lipinski definition) is 5. The minimum atomic E-state index is -0.518. The summed E-state index contributed by atoms with van der Waals surface area (Å²) in [6.07, 6.45) is 1.24. The summed E-state index contributed by atoms with van der Waals surface area (Å²) in [6.45, 7) is 5.27. The third-order valence-electron chi connectivity index (χ3n) is 2.97. The average Bonchev–Trinajstić information content (AvgIpc) is 2.66. The molecule has 7 nitrogen and oxygen atoms in total. The highest BCUT2D eigenvalue weighted by molar-refractivity contribution is 5.31. The first kappa shape index (κ1) is 13.0. The lowest BCUT2D eigenvalue weighted by Crippen LogP contribution is -2.23. The van der Waals surface area contributed by atoms with E-state index < -0.39 is 4.92 Å². The van der Waals surface area contributed by atoms with Gasteiger partial charge in [0.05, 0.1) is 23.4 Å². The summed E-state index contributed by atoms with van der Waals surface area (Å²) in [6, 6.07) is 1.27. The molecule has 0 fully saturated rings. The predicted molar refractivity (Wildman–Crippen MR) is 67.2 cm³/mol. The van der Waals surface area contributed by atoms with Crippen LogP contribution in [0.4, 0.5) is 5.69 Å². The molecule has 0 bridgehead atoms. The van der Waals surface area contributed by atoms with Gasteiger partial charge in [-0.15, -0.1) is 0 Å². The van der Waals surface area contributed by atoms with Crippen LogP contribution in [-0.4, -0.2) is 14.6 Å². The van der Waals surface area contributed by atoms with Gasteiger partial charge in [0.2, 0.25) is 0 Å². The van der Waals surface area contributed by atoms with Crippen LogP contribution in [0, 0.1) is 30.9 Å².